The van der Waals surface area contributed by atoms with E-state index in [4.69, 9.17) is 4.98 Å². The molecule has 1 aromatic carbocycles. The van der Waals surface area contributed by atoms with E-state index in [1.165, 1.54) is 0 Å². The van der Waals surface area contributed by atoms with Crippen LogP contribution in [0.4, 0.5) is 4.39 Å². The molecule has 3 aromatic heterocycles. The highest BCUT2D eigenvalue weighted by Crippen LogP contribution is 2.45. The van der Waals surface area contributed by atoms with Crippen LogP contribution in [0.25, 0.3) is 33.4 Å². The van der Waals surface area contributed by atoms with Gasteiger partial charge in [-0.05, 0) is 38.8 Å². The number of fused-ring (bicyclic) bond motifs is 2. The first-order chi connectivity index (χ1) is 15.8. The summed E-state index contributed by atoms with van der Waals surface area (Å²) in [5, 5.41) is 5.05. The maximum atomic E-state index is 15.4. The molecule has 0 radical (unpaired) electrons. The molecule has 0 spiro atoms. The number of imidazole rings is 1. The first kappa shape index (κ1) is 20.1. The van der Waals surface area contributed by atoms with E-state index in [9.17, 15) is 4.79 Å². The molecule has 1 unspecified atom stereocenters. The second kappa shape index (κ2) is 6.97. The Morgan fingerprint density at radius 2 is 1.88 bits per heavy atom. The van der Waals surface area contributed by atoms with Crippen molar-refractivity contribution in [1.29, 1.82) is 0 Å². The lowest BCUT2D eigenvalue weighted by Crippen LogP contribution is -2.39. The highest BCUT2D eigenvalue weighted by atomic mass is 19.1. The third-order valence-corrected chi connectivity index (χ3v) is 6.82. The van der Waals surface area contributed by atoms with E-state index in [1.807, 2.05) is 46.1 Å². The van der Waals surface area contributed by atoms with Crippen molar-refractivity contribution >= 4 is 16.8 Å². The fourth-order valence-electron chi connectivity index (χ4n) is 5.04. The van der Waals surface area contributed by atoms with E-state index in [0.717, 1.165) is 46.7 Å². The van der Waals surface area contributed by atoms with E-state index in [2.05, 4.69) is 14.6 Å². The van der Waals surface area contributed by atoms with E-state index in [1.54, 1.807) is 21.8 Å². The molecule has 6 rings (SSSR count). The first-order valence-corrected chi connectivity index (χ1v) is 11.3. The summed E-state index contributed by atoms with van der Waals surface area (Å²) in [6.45, 7) is 4.27. The van der Waals surface area contributed by atoms with Gasteiger partial charge >= 0.3 is 0 Å². The maximum absolute atomic E-state index is 15.4. The van der Waals surface area contributed by atoms with Crippen molar-refractivity contribution in [3.05, 3.63) is 53.5 Å². The quantitative estimate of drug-likeness (QED) is 0.471. The lowest BCUT2D eigenvalue weighted by atomic mass is 10.0. The predicted molar refractivity (Wildman–Crippen MR) is 123 cm³/mol. The number of nitrogens with zero attached hydrogens (tertiary/aromatic N) is 6. The first-order valence-electron chi connectivity index (χ1n) is 11.3. The minimum atomic E-state index is -0.387. The molecular weight excluding hydrogens is 419 g/mol. The van der Waals surface area contributed by atoms with Gasteiger partial charge in [-0.3, -0.25) is 9.48 Å². The largest absolute Gasteiger partial charge is 0.338 e. The molecule has 1 aliphatic carbocycles. The summed E-state index contributed by atoms with van der Waals surface area (Å²) in [5.41, 5.74) is 5.10. The van der Waals surface area contributed by atoms with Crippen molar-refractivity contribution in [2.75, 3.05) is 7.05 Å². The molecule has 0 saturated heterocycles. The van der Waals surface area contributed by atoms with Crippen molar-refractivity contribution in [2.45, 2.75) is 45.2 Å². The zero-order chi connectivity index (χ0) is 23.0. The Labute approximate surface area is 190 Å². The molecule has 33 heavy (non-hydrogen) atoms. The van der Waals surface area contributed by atoms with Crippen LogP contribution in [0.15, 0.2) is 30.5 Å². The molecule has 4 heterocycles. The monoisotopic (exact) mass is 444 g/mol. The molecule has 1 fully saturated rings. The van der Waals surface area contributed by atoms with E-state index < -0.39 is 0 Å². The lowest BCUT2D eigenvalue weighted by Gasteiger charge is -2.31. The number of hydrogen-bond acceptors (Lipinski definition) is 4. The Kier molecular flexibility index (Phi) is 4.24. The summed E-state index contributed by atoms with van der Waals surface area (Å²) in [6.07, 6.45) is 3.97. The van der Waals surface area contributed by atoms with Gasteiger partial charge in [-0.15, -0.1) is 0 Å². The SMILES string of the molecule is Cc1nn(C)cc1-c1nc2cccc(-c3nc(C4CC4)n4c3CN(C)C(=O)C4C)c2cc1F. The van der Waals surface area contributed by atoms with Crippen LogP contribution in [-0.2, 0) is 18.4 Å². The summed E-state index contributed by atoms with van der Waals surface area (Å²) in [4.78, 5) is 24.2. The van der Waals surface area contributed by atoms with Crippen LogP contribution < -0.4 is 0 Å². The molecule has 7 nitrogen and oxygen atoms in total. The van der Waals surface area contributed by atoms with Crippen molar-refractivity contribution in [2.24, 2.45) is 7.05 Å². The average Bonchev–Trinajstić information content (AvgIpc) is 3.48. The number of aryl methyl sites for hydroxylation is 2. The number of benzene rings is 1. The maximum Gasteiger partial charge on any atom is 0.245 e. The van der Waals surface area contributed by atoms with Gasteiger partial charge < -0.3 is 9.47 Å². The zero-order valence-corrected chi connectivity index (χ0v) is 19.1. The summed E-state index contributed by atoms with van der Waals surface area (Å²) in [5.74, 6) is 1.07. The molecule has 1 aliphatic heterocycles. The fourth-order valence-corrected chi connectivity index (χ4v) is 5.04. The van der Waals surface area contributed by atoms with Crippen LogP contribution in [0.3, 0.4) is 0 Å². The molecule has 168 valence electrons. The molecule has 8 heteroatoms. The van der Waals surface area contributed by atoms with Crippen LogP contribution >= 0.6 is 0 Å². The smallest absolute Gasteiger partial charge is 0.245 e. The number of rotatable bonds is 3. The van der Waals surface area contributed by atoms with Gasteiger partial charge in [0.2, 0.25) is 5.91 Å². The minimum absolute atomic E-state index is 0.0930. The Balaban J connectivity index is 1.57. The molecule has 0 N–H and O–H groups in total. The highest BCUT2D eigenvalue weighted by molar-refractivity contribution is 5.96. The van der Waals surface area contributed by atoms with Crippen LogP contribution in [0.1, 0.15) is 48.9 Å². The summed E-state index contributed by atoms with van der Waals surface area (Å²) in [6, 6.07) is 7.07. The summed E-state index contributed by atoms with van der Waals surface area (Å²) >= 11 is 0. The van der Waals surface area contributed by atoms with Crippen molar-refractivity contribution in [3.63, 3.8) is 0 Å². The second-order valence-corrected chi connectivity index (χ2v) is 9.27. The topological polar surface area (TPSA) is 68.8 Å². The van der Waals surface area contributed by atoms with Crippen molar-refractivity contribution in [1.82, 2.24) is 29.2 Å². The Hall–Kier alpha value is -3.55. The Morgan fingerprint density at radius 3 is 2.58 bits per heavy atom. The number of amides is 1. The van der Waals surface area contributed by atoms with Gasteiger partial charge in [0.15, 0.2) is 0 Å². The predicted octanol–water partition coefficient (Wildman–Crippen LogP) is 4.36. The van der Waals surface area contributed by atoms with Crippen LogP contribution in [0.2, 0.25) is 0 Å². The average molecular weight is 445 g/mol. The second-order valence-electron chi connectivity index (χ2n) is 9.27. The van der Waals surface area contributed by atoms with Crippen molar-refractivity contribution in [3.8, 4) is 22.5 Å². The number of hydrogen-bond donors (Lipinski definition) is 0. The third kappa shape index (κ3) is 3.00. The van der Waals surface area contributed by atoms with Gasteiger partial charge in [-0.25, -0.2) is 14.4 Å². The summed E-state index contributed by atoms with van der Waals surface area (Å²) < 4.78 is 19.2. The normalized spacial score (nSPS) is 18.3. The minimum Gasteiger partial charge on any atom is -0.338 e. The molecule has 1 amide bonds. The standard InChI is InChI=1S/C25H25FN6O/c1-13-18(11-31(4)29-13)22-19(26)10-17-16(6-5-7-20(17)27-22)23-21-12-30(3)25(33)14(2)32(21)24(28-23)15-8-9-15/h5-7,10-11,14-15H,8-9,12H2,1-4H3. The zero-order valence-electron chi connectivity index (χ0n) is 19.1. The summed E-state index contributed by atoms with van der Waals surface area (Å²) in [7, 11) is 3.64. The van der Waals surface area contributed by atoms with E-state index >= 15 is 4.39 Å². The van der Waals surface area contributed by atoms with Crippen LogP contribution in [0, 0.1) is 12.7 Å². The Morgan fingerprint density at radius 1 is 1.09 bits per heavy atom. The van der Waals surface area contributed by atoms with E-state index in [-0.39, 0.29) is 17.8 Å². The fraction of sp³-hybridized carbons (Fsp3) is 0.360. The number of aromatic nitrogens is 5. The molecule has 1 atom stereocenters. The number of pyridine rings is 1. The van der Waals surface area contributed by atoms with Gasteiger partial charge in [0, 0.05) is 42.7 Å². The molecule has 1 saturated carbocycles. The lowest BCUT2D eigenvalue weighted by molar-refractivity contribution is -0.135. The van der Waals surface area contributed by atoms with Gasteiger partial charge in [0.1, 0.15) is 23.4 Å². The highest BCUT2D eigenvalue weighted by Gasteiger charge is 2.38. The molecule has 2 aliphatic rings. The van der Waals surface area contributed by atoms with Crippen LogP contribution in [-0.4, -0.2) is 42.2 Å². The number of carbonyl (C=O) groups excluding carboxylic acids is 1. The van der Waals surface area contributed by atoms with Crippen molar-refractivity contribution < 1.29 is 9.18 Å². The number of halogens is 1. The van der Waals surface area contributed by atoms with Crippen LogP contribution in [0.5, 0.6) is 0 Å². The molecule has 0 bridgehead atoms. The third-order valence-electron chi connectivity index (χ3n) is 6.82. The Bertz CT molecular complexity index is 1450. The van der Waals surface area contributed by atoms with E-state index in [0.29, 0.717) is 29.2 Å². The van der Waals surface area contributed by atoms with Gasteiger partial charge in [0.25, 0.3) is 0 Å². The molecule has 4 aromatic rings. The number of carbonyl (C=O) groups is 1. The molecular formula is C25H25FN6O. The van der Waals surface area contributed by atoms with Gasteiger partial charge in [0.05, 0.1) is 29.1 Å². The van der Waals surface area contributed by atoms with Gasteiger partial charge in [-0.1, -0.05) is 12.1 Å². The number of likely N-dealkylation sites (N-methyl/N-ethyl adjacent to an activating group) is 1. The van der Waals surface area contributed by atoms with Gasteiger partial charge in [-0.2, -0.15) is 5.10 Å².